The van der Waals surface area contributed by atoms with Crippen LogP contribution in [0, 0.1) is 20.8 Å². The van der Waals surface area contributed by atoms with Gasteiger partial charge in [0.1, 0.15) is 0 Å². The zero-order chi connectivity index (χ0) is 13.2. The second-order valence-corrected chi connectivity index (χ2v) is 3.97. The topological polar surface area (TPSA) is 71.5 Å². The fourth-order valence-electron chi connectivity index (χ4n) is 1.68. The van der Waals surface area contributed by atoms with Gasteiger partial charge in [-0.2, -0.15) is 0 Å². The number of aromatic nitrogens is 1. The lowest BCUT2D eigenvalue weighted by Gasteiger charge is -2.17. The van der Waals surface area contributed by atoms with Crippen LogP contribution in [0.2, 0.25) is 6.82 Å². The van der Waals surface area contributed by atoms with E-state index in [-0.39, 0.29) is 0 Å². The third-order valence-corrected chi connectivity index (χ3v) is 2.61. The lowest BCUT2D eigenvalue weighted by atomic mass is 9.87. The highest BCUT2D eigenvalue weighted by Gasteiger charge is 2.21. The van der Waals surface area contributed by atoms with Crippen LogP contribution in [0.15, 0.2) is 0 Å². The molecule has 0 atom stereocenters. The highest BCUT2D eigenvalue weighted by Crippen LogP contribution is 2.25. The number of methoxy groups -OCH3 is 1. The number of rotatable bonds is 3. The Hall–Kier alpha value is -1.56. The van der Waals surface area contributed by atoms with Gasteiger partial charge in [0, 0.05) is 5.69 Å². The molecule has 17 heavy (non-hydrogen) atoms. The molecule has 0 saturated heterocycles. The van der Waals surface area contributed by atoms with Gasteiger partial charge in [-0.1, -0.05) is 0 Å². The molecule has 0 fully saturated rings. The van der Waals surface area contributed by atoms with E-state index in [0.717, 1.165) is 11.3 Å². The average molecular weight is 236 g/mol. The fraction of sp³-hybridized carbons (Fsp3) is 0.455. The van der Waals surface area contributed by atoms with E-state index < -0.39 is 13.0 Å². The Bertz CT molecular complexity index is 447. The van der Waals surface area contributed by atoms with Gasteiger partial charge < -0.3 is 15.0 Å². The SMILES string of the molecule is COC(=O)c1c(C)c(C)nc(C)c1NB(C)O. The summed E-state index contributed by atoms with van der Waals surface area (Å²) in [4.78, 5) is 16.1. The highest BCUT2D eigenvalue weighted by molar-refractivity contribution is 6.53. The van der Waals surface area contributed by atoms with Crippen molar-refractivity contribution in [3.63, 3.8) is 0 Å². The van der Waals surface area contributed by atoms with E-state index in [1.54, 1.807) is 20.7 Å². The molecule has 1 aromatic heterocycles. The van der Waals surface area contributed by atoms with E-state index in [0.29, 0.717) is 16.9 Å². The van der Waals surface area contributed by atoms with Crippen molar-refractivity contribution in [3.05, 3.63) is 22.5 Å². The van der Waals surface area contributed by atoms with Gasteiger partial charge in [0.15, 0.2) is 0 Å². The largest absolute Gasteiger partial charge is 0.465 e. The highest BCUT2D eigenvalue weighted by atomic mass is 16.5. The summed E-state index contributed by atoms with van der Waals surface area (Å²) in [5, 5.41) is 12.2. The number of hydrogen-bond acceptors (Lipinski definition) is 5. The Morgan fingerprint density at radius 3 is 2.41 bits per heavy atom. The fourth-order valence-corrected chi connectivity index (χ4v) is 1.68. The van der Waals surface area contributed by atoms with Gasteiger partial charge in [0.2, 0.25) is 0 Å². The van der Waals surface area contributed by atoms with Crippen LogP contribution in [0.4, 0.5) is 5.69 Å². The van der Waals surface area contributed by atoms with Gasteiger partial charge in [0.25, 0.3) is 0 Å². The minimum atomic E-state index is -0.763. The molecule has 0 bridgehead atoms. The number of aryl methyl sites for hydroxylation is 2. The molecule has 1 rings (SSSR count). The van der Waals surface area contributed by atoms with Crippen LogP contribution in [0.1, 0.15) is 27.3 Å². The molecule has 92 valence electrons. The molecule has 1 aromatic rings. The molecule has 5 nitrogen and oxygen atoms in total. The Morgan fingerprint density at radius 1 is 1.35 bits per heavy atom. The lowest BCUT2D eigenvalue weighted by molar-refractivity contribution is 0.0600. The number of carbonyl (C=O) groups is 1. The van der Waals surface area contributed by atoms with Crippen LogP contribution in [-0.2, 0) is 4.74 Å². The predicted octanol–water partition coefficient (Wildman–Crippen LogP) is 1.32. The quantitative estimate of drug-likeness (QED) is 0.611. The Morgan fingerprint density at radius 2 is 1.94 bits per heavy atom. The first-order chi connectivity index (χ1) is 7.88. The Labute approximate surface area is 101 Å². The summed E-state index contributed by atoms with van der Waals surface area (Å²) in [6.07, 6.45) is 0. The van der Waals surface area contributed by atoms with Crippen LogP contribution in [0.3, 0.4) is 0 Å². The zero-order valence-corrected chi connectivity index (χ0v) is 10.8. The van der Waals surface area contributed by atoms with Gasteiger partial charge in [0.05, 0.1) is 24.1 Å². The van der Waals surface area contributed by atoms with Crippen molar-refractivity contribution in [2.24, 2.45) is 0 Å². The van der Waals surface area contributed by atoms with Crippen molar-refractivity contribution in [3.8, 4) is 0 Å². The molecule has 0 amide bonds. The maximum Gasteiger partial charge on any atom is 0.406 e. The lowest BCUT2D eigenvalue weighted by Crippen LogP contribution is -2.24. The molecule has 0 aliphatic rings. The van der Waals surface area contributed by atoms with E-state index in [4.69, 9.17) is 4.74 Å². The van der Waals surface area contributed by atoms with Gasteiger partial charge in [-0.3, -0.25) is 4.98 Å². The number of ether oxygens (including phenoxy) is 1. The normalized spacial score (nSPS) is 10.0. The van der Waals surface area contributed by atoms with Crippen molar-refractivity contribution >= 4 is 18.7 Å². The minimum absolute atomic E-state index is 0.429. The van der Waals surface area contributed by atoms with Crippen molar-refractivity contribution in [2.45, 2.75) is 27.6 Å². The second-order valence-electron chi connectivity index (χ2n) is 3.97. The molecule has 6 heteroatoms. The molecule has 0 aromatic carbocycles. The smallest absolute Gasteiger partial charge is 0.406 e. The van der Waals surface area contributed by atoms with Gasteiger partial charge in [-0.05, 0) is 33.2 Å². The zero-order valence-electron chi connectivity index (χ0n) is 10.8. The molecule has 0 aliphatic carbocycles. The van der Waals surface area contributed by atoms with Gasteiger partial charge in [-0.15, -0.1) is 0 Å². The molecular formula is C11H17BN2O3. The number of anilines is 1. The van der Waals surface area contributed by atoms with Crippen molar-refractivity contribution in [1.82, 2.24) is 4.98 Å². The van der Waals surface area contributed by atoms with E-state index in [2.05, 4.69) is 10.2 Å². The molecule has 2 N–H and O–H groups in total. The number of nitrogens with zero attached hydrogens (tertiary/aromatic N) is 1. The van der Waals surface area contributed by atoms with Crippen LogP contribution in [-0.4, -0.2) is 30.1 Å². The molecule has 0 aliphatic heterocycles. The van der Waals surface area contributed by atoms with Gasteiger partial charge >= 0.3 is 13.0 Å². The number of esters is 1. The molecule has 0 spiro atoms. The Balaban J connectivity index is 3.44. The summed E-state index contributed by atoms with van der Waals surface area (Å²) in [6.45, 7) is 7.00. The maximum absolute atomic E-state index is 11.8. The van der Waals surface area contributed by atoms with E-state index in [1.807, 2.05) is 6.92 Å². The van der Waals surface area contributed by atoms with E-state index >= 15 is 0 Å². The molecule has 0 unspecified atom stereocenters. The number of hydrogen-bond donors (Lipinski definition) is 2. The summed E-state index contributed by atoms with van der Waals surface area (Å²) >= 11 is 0. The maximum atomic E-state index is 11.8. The third kappa shape index (κ3) is 2.76. The second kappa shape index (κ2) is 5.18. The molecular weight excluding hydrogens is 219 g/mol. The standard InChI is InChI=1S/C11H17BN2O3/c1-6-7(2)13-8(3)10(14-12(4)16)9(6)11(15)17-5/h14,16H,1-5H3. The number of nitrogens with one attached hydrogen (secondary N) is 1. The van der Waals surface area contributed by atoms with E-state index in [9.17, 15) is 9.82 Å². The predicted molar refractivity (Wildman–Crippen MR) is 67.2 cm³/mol. The van der Waals surface area contributed by atoms with Crippen molar-refractivity contribution < 1.29 is 14.6 Å². The van der Waals surface area contributed by atoms with Crippen molar-refractivity contribution in [2.75, 3.05) is 12.3 Å². The van der Waals surface area contributed by atoms with Crippen LogP contribution < -0.4 is 5.23 Å². The van der Waals surface area contributed by atoms with Crippen molar-refractivity contribution in [1.29, 1.82) is 0 Å². The monoisotopic (exact) mass is 236 g/mol. The van der Waals surface area contributed by atoms with Crippen LogP contribution in [0.5, 0.6) is 0 Å². The molecule has 1 heterocycles. The summed E-state index contributed by atoms with van der Waals surface area (Å²) < 4.78 is 4.76. The molecule has 0 saturated carbocycles. The van der Waals surface area contributed by atoms with Gasteiger partial charge in [-0.25, -0.2) is 4.79 Å². The third-order valence-electron chi connectivity index (χ3n) is 2.61. The average Bonchev–Trinajstić information content (AvgIpc) is 2.25. The number of carbonyl (C=O) groups excluding carboxylic acids is 1. The first-order valence-corrected chi connectivity index (χ1v) is 5.39. The van der Waals surface area contributed by atoms with Crippen LogP contribution >= 0.6 is 0 Å². The first-order valence-electron chi connectivity index (χ1n) is 5.39. The first kappa shape index (κ1) is 13.5. The van der Waals surface area contributed by atoms with E-state index in [1.165, 1.54) is 7.11 Å². The summed E-state index contributed by atoms with van der Waals surface area (Å²) in [5.41, 5.74) is 3.15. The number of pyridine rings is 1. The van der Waals surface area contributed by atoms with Crippen LogP contribution in [0.25, 0.3) is 0 Å². The summed E-state index contributed by atoms with van der Waals surface area (Å²) in [5.74, 6) is -0.431. The minimum Gasteiger partial charge on any atom is -0.465 e. The summed E-state index contributed by atoms with van der Waals surface area (Å²) in [7, 11) is 0.569. The Kier molecular flexibility index (Phi) is 4.12. The summed E-state index contributed by atoms with van der Waals surface area (Å²) in [6, 6.07) is 0. The molecule has 0 radical (unpaired) electrons.